The summed E-state index contributed by atoms with van der Waals surface area (Å²) in [6.45, 7) is 3.79. The molecular weight excluding hydrogens is 394 g/mol. The summed E-state index contributed by atoms with van der Waals surface area (Å²) in [6.07, 6.45) is 0. The zero-order chi connectivity index (χ0) is 20.8. The van der Waals surface area contributed by atoms with Gasteiger partial charge in [-0.1, -0.05) is 30.6 Å². The fraction of sp³-hybridized carbons (Fsp3) is 0.286. The fourth-order valence-corrected chi connectivity index (χ4v) is 2.75. The summed E-state index contributed by atoms with van der Waals surface area (Å²) in [5, 5.41) is 7.53. The summed E-state index contributed by atoms with van der Waals surface area (Å²) in [6, 6.07) is 13.7. The number of halogens is 1. The van der Waals surface area contributed by atoms with Crippen LogP contribution in [0.4, 0.5) is 0 Å². The van der Waals surface area contributed by atoms with Crippen LogP contribution in [0.2, 0.25) is 5.02 Å². The highest BCUT2D eigenvalue weighted by molar-refractivity contribution is 6.30. The molecule has 1 amide bonds. The van der Waals surface area contributed by atoms with Crippen LogP contribution in [-0.2, 0) is 4.79 Å². The third-order valence-corrected chi connectivity index (χ3v) is 4.47. The lowest BCUT2D eigenvalue weighted by Crippen LogP contribution is -2.35. The van der Waals surface area contributed by atoms with Gasteiger partial charge in [0, 0.05) is 10.6 Å². The highest BCUT2D eigenvalue weighted by Gasteiger charge is 2.25. The number of nitrogens with one attached hydrogen (secondary N) is 1. The van der Waals surface area contributed by atoms with E-state index < -0.39 is 6.04 Å². The van der Waals surface area contributed by atoms with Gasteiger partial charge in [-0.15, -0.1) is 0 Å². The van der Waals surface area contributed by atoms with E-state index in [1.807, 2.05) is 38.1 Å². The van der Waals surface area contributed by atoms with Crippen molar-refractivity contribution in [2.24, 2.45) is 5.92 Å². The number of amides is 1. The number of benzene rings is 2. The second kappa shape index (κ2) is 9.43. The van der Waals surface area contributed by atoms with Gasteiger partial charge in [-0.25, -0.2) is 0 Å². The molecule has 0 spiro atoms. The van der Waals surface area contributed by atoms with Crippen LogP contribution >= 0.6 is 11.6 Å². The second-order valence-electron chi connectivity index (χ2n) is 6.72. The lowest BCUT2D eigenvalue weighted by Gasteiger charge is -2.18. The van der Waals surface area contributed by atoms with Gasteiger partial charge in [0.25, 0.3) is 5.91 Å². The smallest absolute Gasteiger partial charge is 0.258 e. The predicted molar refractivity (Wildman–Crippen MR) is 109 cm³/mol. The Morgan fingerprint density at radius 2 is 1.76 bits per heavy atom. The standard InChI is InChI=1S/C21H22ClN3O4/c1-13(2)19(23-18(26)12-28-17-10-6-15(22)7-11-17)21-24-20(25-29-21)14-4-8-16(27-3)9-5-14/h4-11,13,19H,12H2,1-3H3,(H,23,26). The molecule has 8 heteroatoms. The second-order valence-corrected chi connectivity index (χ2v) is 7.15. The zero-order valence-electron chi connectivity index (χ0n) is 16.4. The number of hydrogen-bond acceptors (Lipinski definition) is 6. The number of hydrogen-bond donors (Lipinski definition) is 1. The molecule has 1 heterocycles. The van der Waals surface area contributed by atoms with Crippen LogP contribution < -0.4 is 14.8 Å². The third kappa shape index (κ3) is 5.48. The third-order valence-electron chi connectivity index (χ3n) is 4.22. The Morgan fingerprint density at radius 3 is 2.38 bits per heavy atom. The van der Waals surface area contributed by atoms with Gasteiger partial charge < -0.3 is 19.3 Å². The van der Waals surface area contributed by atoms with Gasteiger partial charge >= 0.3 is 0 Å². The molecule has 1 N–H and O–H groups in total. The molecule has 1 aromatic heterocycles. The van der Waals surface area contributed by atoms with Gasteiger partial charge in [-0.3, -0.25) is 4.79 Å². The van der Waals surface area contributed by atoms with E-state index in [2.05, 4.69) is 15.5 Å². The Kier molecular flexibility index (Phi) is 6.72. The molecule has 0 fully saturated rings. The number of carbonyl (C=O) groups is 1. The summed E-state index contributed by atoms with van der Waals surface area (Å²) in [5.41, 5.74) is 0.792. The van der Waals surface area contributed by atoms with E-state index in [4.69, 9.17) is 25.6 Å². The molecule has 0 aliphatic carbocycles. The van der Waals surface area contributed by atoms with Crippen molar-refractivity contribution in [2.75, 3.05) is 13.7 Å². The Bertz CT molecular complexity index is 939. The van der Waals surface area contributed by atoms with Crippen molar-refractivity contribution in [3.05, 3.63) is 59.4 Å². The minimum atomic E-state index is -0.434. The van der Waals surface area contributed by atoms with E-state index in [0.29, 0.717) is 22.5 Å². The molecule has 1 atom stereocenters. The van der Waals surface area contributed by atoms with E-state index in [-0.39, 0.29) is 18.4 Å². The van der Waals surface area contributed by atoms with E-state index in [0.717, 1.165) is 11.3 Å². The van der Waals surface area contributed by atoms with Crippen LogP contribution in [0.5, 0.6) is 11.5 Å². The van der Waals surface area contributed by atoms with Gasteiger partial charge in [0.15, 0.2) is 6.61 Å². The monoisotopic (exact) mass is 415 g/mol. The summed E-state index contributed by atoms with van der Waals surface area (Å²) in [7, 11) is 1.61. The SMILES string of the molecule is COc1ccc(-c2noc(C(NC(=O)COc3ccc(Cl)cc3)C(C)C)n2)cc1. The molecule has 152 valence electrons. The lowest BCUT2D eigenvalue weighted by molar-refractivity contribution is -0.124. The van der Waals surface area contributed by atoms with Crippen molar-refractivity contribution in [1.82, 2.24) is 15.5 Å². The van der Waals surface area contributed by atoms with Crippen molar-refractivity contribution in [2.45, 2.75) is 19.9 Å². The van der Waals surface area contributed by atoms with Crippen molar-refractivity contribution in [3.8, 4) is 22.9 Å². The van der Waals surface area contributed by atoms with Crippen LogP contribution in [0.25, 0.3) is 11.4 Å². The summed E-state index contributed by atoms with van der Waals surface area (Å²) in [5.74, 6) is 1.84. The molecule has 0 radical (unpaired) electrons. The molecule has 2 aromatic carbocycles. The van der Waals surface area contributed by atoms with Crippen LogP contribution in [0, 0.1) is 5.92 Å². The van der Waals surface area contributed by atoms with Crippen molar-refractivity contribution < 1.29 is 18.8 Å². The van der Waals surface area contributed by atoms with E-state index in [9.17, 15) is 4.79 Å². The minimum absolute atomic E-state index is 0.0404. The topological polar surface area (TPSA) is 86.5 Å². The Morgan fingerprint density at radius 1 is 1.10 bits per heavy atom. The van der Waals surface area contributed by atoms with Crippen LogP contribution in [0.1, 0.15) is 25.8 Å². The number of aromatic nitrogens is 2. The van der Waals surface area contributed by atoms with Crippen molar-refractivity contribution >= 4 is 17.5 Å². The highest BCUT2D eigenvalue weighted by Crippen LogP contribution is 2.25. The molecule has 29 heavy (non-hydrogen) atoms. The van der Waals surface area contributed by atoms with Crippen LogP contribution in [-0.4, -0.2) is 29.8 Å². The first kappa shape index (κ1) is 20.7. The van der Waals surface area contributed by atoms with E-state index in [1.54, 1.807) is 31.4 Å². The highest BCUT2D eigenvalue weighted by atomic mass is 35.5. The molecule has 0 saturated heterocycles. The molecule has 0 saturated carbocycles. The first-order valence-corrected chi connectivity index (χ1v) is 9.50. The van der Waals surface area contributed by atoms with Crippen molar-refractivity contribution in [1.29, 1.82) is 0 Å². The van der Waals surface area contributed by atoms with Gasteiger partial charge in [0.05, 0.1) is 7.11 Å². The van der Waals surface area contributed by atoms with Crippen molar-refractivity contribution in [3.63, 3.8) is 0 Å². The van der Waals surface area contributed by atoms with Gasteiger partial charge in [-0.05, 0) is 54.4 Å². The number of carbonyl (C=O) groups excluding carboxylic acids is 1. The quantitative estimate of drug-likeness (QED) is 0.590. The zero-order valence-corrected chi connectivity index (χ0v) is 17.1. The Balaban J connectivity index is 1.65. The summed E-state index contributed by atoms with van der Waals surface area (Å²) >= 11 is 5.84. The first-order chi connectivity index (χ1) is 14.0. The number of rotatable bonds is 8. The molecular formula is C21H22ClN3O4. The normalized spacial score (nSPS) is 11.9. The molecule has 0 aliphatic rings. The fourth-order valence-electron chi connectivity index (χ4n) is 2.63. The first-order valence-electron chi connectivity index (χ1n) is 9.12. The number of ether oxygens (including phenoxy) is 2. The van der Waals surface area contributed by atoms with E-state index >= 15 is 0 Å². The molecule has 0 bridgehead atoms. The van der Waals surface area contributed by atoms with Gasteiger partial charge in [-0.2, -0.15) is 4.98 Å². The van der Waals surface area contributed by atoms with Crippen LogP contribution in [0.15, 0.2) is 53.1 Å². The molecule has 0 aliphatic heterocycles. The summed E-state index contributed by atoms with van der Waals surface area (Å²) in [4.78, 5) is 16.8. The predicted octanol–water partition coefficient (Wildman–Crippen LogP) is 4.29. The Hall–Kier alpha value is -3.06. The maximum Gasteiger partial charge on any atom is 0.258 e. The maximum atomic E-state index is 12.4. The van der Waals surface area contributed by atoms with E-state index in [1.165, 1.54) is 0 Å². The molecule has 1 unspecified atom stereocenters. The molecule has 3 aromatic rings. The Labute approximate surface area is 174 Å². The van der Waals surface area contributed by atoms with Gasteiger partial charge in [0.1, 0.15) is 17.5 Å². The molecule has 3 rings (SSSR count). The average Bonchev–Trinajstić information content (AvgIpc) is 3.21. The maximum absolute atomic E-state index is 12.4. The minimum Gasteiger partial charge on any atom is -0.497 e. The number of nitrogens with zero attached hydrogens (tertiary/aromatic N) is 2. The largest absolute Gasteiger partial charge is 0.497 e. The lowest BCUT2D eigenvalue weighted by atomic mass is 10.0. The summed E-state index contributed by atoms with van der Waals surface area (Å²) < 4.78 is 16.1. The van der Waals surface area contributed by atoms with Gasteiger partial charge in [0.2, 0.25) is 11.7 Å². The number of methoxy groups -OCH3 is 1. The van der Waals surface area contributed by atoms with Crippen LogP contribution in [0.3, 0.4) is 0 Å². The average molecular weight is 416 g/mol. The molecule has 7 nitrogen and oxygen atoms in total.